The number of nitrogens with zero attached hydrogens (tertiary/aromatic N) is 4. The van der Waals surface area contributed by atoms with Crippen LogP contribution in [0.15, 0.2) is 29.2 Å². The van der Waals surface area contributed by atoms with Gasteiger partial charge in [-0.1, -0.05) is 0 Å². The smallest absolute Gasteiger partial charge is 0.409 e. The molecule has 2 saturated heterocycles. The van der Waals surface area contributed by atoms with E-state index >= 15 is 0 Å². The standard InChI is InChI=1S/C28H35N5O7S2/c1-3-40-28(37)31-14-16-33(17-15-31)42(38,39)21-8-6-20(7-9-21)25(35)29-26-24(27(36)30-11-4-5-12-30)22-10-13-32(19(2)34)18-23(22)41-26/h6-9H,3-5,10-18H2,1-2H3,(H,29,35). The van der Waals surface area contributed by atoms with Crippen molar-refractivity contribution in [2.75, 3.05) is 57.7 Å². The van der Waals surface area contributed by atoms with Crippen molar-refractivity contribution in [3.8, 4) is 0 Å². The van der Waals surface area contributed by atoms with Crippen molar-refractivity contribution >= 4 is 50.2 Å². The number of amides is 4. The number of ether oxygens (including phenoxy) is 1. The highest BCUT2D eigenvalue weighted by Gasteiger charge is 2.33. The molecule has 3 aliphatic rings. The lowest BCUT2D eigenvalue weighted by Crippen LogP contribution is -2.50. The Balaban J connectivity index is 1.31. The van der Waals surface area contributed by atoms with Crippen LogP contribution >= 0.6 is 11.3 Å². The molecule has 0 saturated carbocycles. The van der Waals surface area contributed by atoms with E-state index < -0.39 is 22.0 Å². The van der Waals surface area contributed by atoms with Gasteiger partial charge in [-0.15, -0.1) is 11.3 Å². The molecule has 1 N–H and O–H groups in total. The molecule has 42 heavy (non-hydrogen) atoms. The van der Waals surface area contributed by atoms with Crippen molar-refractivity contribution in [1.29, 1.82) is 0 Å². The number of rotatable bonds is 6. The number of carbonyl (C=O) groups excluding carboxylic acids is 4. The van der Waals surface area contributed by atoms with E-state index in [9.17, 15) is 27.6 Å². The van der Waals surface area contributed by atoms with Gasteiger partial charge in [0.1, 0.15) is 5.00 Å². The van der Waals surface area contributed by atoms with Crippen molar-refractivity contribution in [3.63, 3.8) is 0 Å². The van der Waals surface area contributed by atoms with E-state index in [1.54, 1.807) is 11.8 Å². The molecule has 0 unspecified atom stereocenters. The van der Waals surface area contributed by atoms with Gasteiger partial charge in [-0.25, -0.2) is 13.2 Å². The fourth-order valence-electron chi connectivity index (χ4n) is 5.49. The molecule has 4 amide bonds. The number of hydrogen-bond donors (Lipinski definition) is 1. The predicted molar refractivity (Wildman–Crippen MR) is 156 cm³/mol. The van der Waals surface area contributed by atoms with E-state index in [1.807, 2.05) is 4.90 Å². The van der Waals surface area contributed by atoms with Gasteiger partial charge in [-0.3, -0.25) is 14.4 Å². The highest BCUT2D eigenvalue weighted by atomic mass is 32.2. The zero-order valence-corrected chi connectivity index (χ0v) is 25.4. The summed E-state index contributed by atoms with van der Waals surface area (Å²) in [5, 5.41) is 3.35. The van der Waals surface area contributed by atoms with Crippen LogP contribution in [0.1, 0.15) is 57.8 Å². The van der Waals surface area contributed by atoms with Gasteiger partial charge < -0.3 is 24.8 Å². The highest BCUT2D eigenvalue weighted by Crippen LogP contribution is 2.38. The third-order valence-corrected chi connectivity index (χ3v) is 10.9. The fraction of sp³-hybridized carbons (Fsp3) is 0.500. The van der Waals surface area contributed by atoms with Crippen LogP contribution in [-0.4, -0.2) is 104 Å². The summed E-state index contributed by atoms with van der Waals surface area (Å²) in [6, 6.07) is 5.68. The maximum Gasteiger partial charge on any atom is 0.409 e. The number of sulfonamides is 1. The number of thiophene rings is 1. The molecule has 14 heteroatoms. The number of piperazine rings is 1. The van der Waals surface area contributed by atoms with Gasteiger partial charge in [0, 0.05) is 63.2 Å². The lowest BCUT2D eigenvalue weighted by molar-refractivity contribution is -0.129. The van der Waals surface area contributed by atoms with E-state index in [0.29, 0.717) is 43.2 Å². The molecular weight excluding hydrogens is 582 g/mol. The molecular formula is C28H35N5O7S2. The molecule has 0 atom stereocenters. The molecule has 1 aromatic carbocycles. The molecule has 2 aromatic rings. The molecule has 226 valence electrons. The molecule has 0 spiro atoms. The average molecular weight is 618 g/mol. The van der Waals surface area contributed by atoms with Crippen molar-refractivity contribution in [1.82, 2.24) is 19.0 Å². The molecule has 12 nitrogen and oxygen atoms in total. The van der Waals surface area contributed by atoms with Gasteiger partial charge in [-0.2, -0.15) is 4.31 Å². The first-order valence-electron chi connectivity index (χ1n) is 14.1. The minimum Gasteiger partial charge on any atom is -0.450 e. The molecule has 0 aliphatic carbocycles. The van der Waals surface area contributed by atoms with Crippen LogP contribution < -0.4 is 5.32 Å². The second-order valence-corrected chi connectivity index (χ2v) is 13.5. The second kappa shape index (κ2) is 12.4. The van der Waals surface area contributed by atoms with Crippen molar-refractivity contribution in [2.45, 2.75) is 44.6 Å². The Morgan fingerprint density at radius 1 is 0.905 bits per heavy atom. The van der Waals surface area contributed by atoms with E-state index in [0.717, 1.165) is 23.3 Å². The molecule has 3 aliphatic heterocycles. The Morgan fingerprint density at radius 2 is 1.57 bits per heavy atom. The number of hydrogen-bond acceptors (Lipinski definition) is 8. The summed E-state index contributed by atoms with van der Waals surface area (Å²) in [6.45, 7) is 6.47. The fourth-order valence-corrected chi connectivity index (χ4v) is 8.17. The number of nitrogens with one attached hydrogen (secondary N) is 1. The largest absolute Gasteiger partial charge is 0.450 e. The third-order valence-electron chi connectivity index (χ3n) is 7.86. The van der Waals surface area contributed by atoms with E-state index in [2.05, 4.69) is 5.32 Å². The number of fused-ring (bicyclic) bond motifs is 1. The van der Waals surface area contributed by atoms with Crippen LogP contribution in [0.4, 0.5) is 9.80 Å². The van der Waals surface area contributed by atoms with Crippen molar-refractivity contribution in [3.05, 3.63) is 45.8 Å². The van der Waals surface area contributed by atoms with Crippen LogP contribution in [-0.2, 0) is 32.5 Å². The third kappa shape index (κ3) is 6.01. The predicted octanol–water partition coefficient (Wildman–Crippen LogP) is 2.60. The maximum atomic E-state index is 13.5. The monoisotopic (exact) mass is 617 g/mol. The second-order valence-electron chi connectivity index (χ2n) is 10.5. The summed E-state index contributed by atoms with van der Waals surface area (Å²) < 4.78 is 32.7. The minimum atomic E-state index is -3.82. The summed E-state index contributed by atoms with van der Waals surface area (Å²) >= 11 is 1.31. The Hall–Kier alpha value is -3.49. The zero-order valence-electron chi connectivity index (χ0n) is 23.8. The van der Waals surface area contributed by atoms with E-state index in [-0.39, 0.29) is 55.1 Å². The Labute approximate surface area is 249 Å². The summed E-state index contributed by atoms with van der Waals surface area (Å²) in [6.07, 6.45) is 1.96. The number of benzene rings is 1. The van der Waals surface area contributed by atoms with Crippen LogP contribution in [0.25, 0.3) is 0 Å². The first kappa shape index (κ1) is 30.0. The average Bonchev–Trinajstić information content (AvgIpc) is 3.65. The van der Waals surface area contributed by atoms with Gasteiger partial charge in [-0.05, 0) is 56.0 Å². The Kier molecular flexibility index (Phi) is 8.85. The summed E-state index contributed by atoms with van der Waals surface area (Å²) in [7, 11) is -3.82. The van der Waals surface area contributed by atoms with E-state index in [4.69, 9.17) is 4.74 Å². The minimum absolute atomic E-state index is 0.0389. The summed E-state index contributed by atoms with van der Waals surface area (Å²) in [5.41, 5.74) is 1.63. The van der Waals surface area contributed by atoms with Gasteiger partial charge in [0.25, 0.3) is 11.8 Å². The first-order chi connectivity index (χ1) is 20.1. The van der Waals surface area contributed by atoms with Gasteiger partial charge in [0.2, 0.25) is 15.9 Å². The molecule has 1 aromatic heterocycles. The quantitative estimate of drug-likeness (QED) is 0.526. The van der Waals surface area contributed by atoms with Crippen molar-refractivity contribution < 1.29 is 32.3 Å². The molecule has 0 bridgehead atoms. The van der Waals surface area contributed by atoms with Crippen molar-refractivity contribution in [2.24, 2.45) is 0 Å². The van der Waals surface area contributed by atoms with Crippen LogP contribution in [0.2, 0.25) is 0 Å². The number of anilines is 1. The van der Waals surface area contributed by atoms with Gasteiger partial charge in [0.05, 0.1) is 23.6 Å². The maximum absolute atomic E-state index is 13.5. The molecule has 5 rings (SSSR count). The topological polar surface area (TPSA) is 137 Å². The molecule has 2 fully saturated rings. The van der Waals surface area contributed by atoms with Gasteiger partial charge in [0.15, 0.2) is 0 Å². The first-order valence-corrected chi connectivity index (χ1v) is 16.4. The Bertz CT molecular complexity index is 1470. The molecule has 4 heterocycles. The Morgan fingerprint density at radius 3 is 2.19 bits per heavy atom. The van der Waals surface area contributed by atoms with E-state index in [1.165, 1.54) is 51.7 Å². The van der Waals surface area contributed by atoms with Crippen LogP contribution in [0, 0.1) is 0 Å². The van der Waals surface area contributed by atoms with Crippen LogP contribution in [0.5, 0.6) is 0 Å². The molecule has 0 radical (unpaired) electrons. The normalized spacial score (nSPS) is 17.6. The number of likely N-dealkylation sites (tertiary alicyclic amines) is 1. The van der Waals surface area contributed by atoms with Gasteiger partial charge >= 0.3 is 6.09 Å². The van der Waals surface area contributed by atoms with Crippen LogP contribution in [0.3, 0.4) is 0 Å². The number of carbonyl (C=O) groups is 4. The SMILES string of the molecule is CCOC(=O)N1CCN(S(=O)(=O)c2ccc(C(=O)Nc3sc4c(c3C(=O)N3CCCC3)CCN(C(C)=O)C4)cc2)CC1. The summed E-state index contributed by atoms with van der Waals surface area (Å²) in [4.78, 5) is 56.7. The highest BCUT2D eigenvalue weighted by molar-refractivity contribution is 7.89. The zero-order chi connectivity index (χ0) is 30.0. The lowest BCUT2D eigenvalue weighted by Gasteiger charge is -2.33. The summed E-state index contributed by atoms with van der Waals surface area (Å²) in [5.74, 6) is -0.608. The lowest BCUT2D eigenvalue weighted by atomic mass is 10.0.